The van der Waals surface area contributed by atoms with Gasteiger partial charge in [0.2, 0.25) is 0 Å². The van der Waals surface area contributed by atoms with E-state index < -0.39 is 0 Å². The van der Waals surface area contributed by atoms with Gasteiger partial charge in [-0.25, -0.2) is 0 Å². The highest BCUT2D eigenvalue weighted by molar-refractivity contribution is 4.80. The fourth-order valence-electron chi connectivity index (χ4n) is 2.01. The van der Waals surface area contributed by atoms with Crippen LogP contribution in [-0.4, -0.2) is 37.1 Å². The molecular formula is C9H17NO2. The van der Waals surface area contributed by atoms with Crippen LogP contribution in [0, 0.1) is 0 Å². The molecule has 1 unspecified atom stereocenters. The molecule has 2 aliphatic heterocycles. The molecule has 2 aliphatic rings. The first kappa shape index (κ1) is 8.48. The minimum Gasteiger partial charge on any atom is -0.322 e. The van der Waals surface area contributed by atoms with Crippen molar-refractivity contribution in [2.24, 2.45) is 0 Å². The summed E-state index contributed by atoms with van der Waals surface area (Å²) in [4.78, 5) is 2.35. The maximum absolute atomic E-state index is 5.49. The highest BCUT2D eigenvalue weighted by atomic mass is 16.9. The van der Waals surface area contributed by atoms with Gasteiger partial charge in [0.25, 0.3) is 0 Å². The van der Waals surface area contributed by atoms with Crippen molar-refractivity contribution in [1.29, 1.82) is 0 Å². The lowest BCUT2D eigenvalue weighted by molar-refractivity contribution is -0.392. The molecule has 0 aromatic rings. The Hall–Kier alpha value is -0.120. The second-order valence-corrected chi connectivity index (χ2v) is 3.75. The van der Waals surface area contributed by atoms with Crippen molar-refractivity contribution in [3.63, 3.8) is 0 Å². The van der Waals surface area contributed by atoms with Gasteiger partial charge in [0, 0.05) is 0 Å². The molecule has 0 spiro atoms. The summed E-state index contributed by atoms with van der Waals surface area (Å²) in [6.45, 7) is 3.13. The lowest BCUT2D eigenvalue weighted by atomic mass is 10.0. The number of piperidine rings is 1. The molecule has 70 valence electrons. The van der Waals surface area contributed by atoms with Gasteiger partial charge in [-0.3, -0.25) is 4.90 Å². The first-order valence-corrected chi connectivity index (χ1v) is 4.78. The van der Waals surface area contributed by atoms with E-state index in [1.807, 2.05) is 6.92 Å². The Balaban J connectivity index is 1.85. The quantitative estimate of drug-likeness (QED) is 0.591. The van der Waals surface area contributed by atoms with Crippen molar-refractivity contribution in [3.05, 3.63) is 0 Å². The van der Waals surface area contributed by atoms with Crippen molar-refractivity contribution in [3.8, 4) is 0 Å². The van der Waals surface area contributed by atoms with Gasteiger partial charge in [-0.15, -0.1) is 0 Å². The Kier molecular flexibility index (Phi) is 2.35. The summed E-state index contributed by atoms with van der Waals surface area (Å²) >= 11 is 0. The van der Waals surface area contributed by atoms with Crippen LogP contribution < -0.4 is 0 Å². The van der Waals surface area contributed by atoms with Gasteiger partial charge in [0.05, 0.1) is 6.04 Å². The van der Waals surface area contributed by atoms with E-state index in [9.17, 15) is 0 Å². The topological polar surface area (TPSA) is 21.7 Å². The first-order chi connectivity index (χ1) is 5.77. The highest BCUT2D eigenvalue weighted by Gasteiger charge is 2.37. The minimum atomic E-state index is 0.0188. The smallest absolute Gasteiger partial charge is 0.179 e. The number of hydrogen-bond donors (Lipinski definition) is 0. The molecule has 2 saturated heterocycles. The molecule has 2 heterocycles. The van der Waals surface area contributed by atoms with Gasteiger partial charge in [0.15, 0.2) is 12.6 Å². The number of rotatable bonds is 1. The van der Waals surface area contributed by atoms with Crippen LogP contribution in [0.15, 0.2) is 0 Å². The monoisotopic (exact) mass is 171 g/mol. The van der Waals surface area contributed by atoms with Gasteiger partial charge >= 0.3 is 0 Å². The number of ether oxygens (including phenoxy) is 2. The van der Waals surface area contributed by atoms with E-state index in [0.717, 1.165) is 0 Å². The zero-order valence-electron chi connectivity index (χ0n) is 7.82. The molecule has 0 N–H and O–H groups in total. The van der Waals surface area contributed by atoms with Crippen LogP contribution in [0.2, 0.25) is 0 Å². The van der Waals surface area contributed by atoms with Crippen LogP contribution in [0.3, 0.4) is 0 Å². The zero-order valence-corrected chi connectivity index (χ0v) is 7.82. The van der Waals surface area contributed by atoms with E-state index in [0.29, 0.717) is 6.04 Å². The van der Waals surface area contributed by atoms with Crippen molar-refractivity contribution < 1.29 is 9.47 Å². The summed E-state index contributed by atoms with van der Waals surface area (Å²) in [6, 6.07) is 0.495. The predicted octanol–water partition coefficient (Wildman–Crippen LogP) is 1.19. The molecule has 2 fully saturated rings. The molecule has 0 amide bonds. The average Bonchev–Trinajstić information content (AvgIpc) is 2.01. The van der Waals surface area contributed by atoms with Crippen LogP contribution in [0.5, 0.6) is 0 Å². The highest BCUT2D eigenvalue weighted by Crippen LogP contribution is 2.27. The molecule has 0 radical (unpaired) electrons. The van der Waals surface area contributed by atoms with Gasteiger partial charge in [0.1, 0.15) is 0 Å². The summed E-state index contributed by atoms with van der Waals surface area (Å²) in [5.41, 5.74) is 0. The van der Waals surface area contributed by atoms with Crippen molar-refractivity contribution in [1.82, 2.24) is 4.90 Å². The summed E-state index contributed by atoms with van der Waals surface area (Å²) in [5.74, 6) is 0. The third kappa shape index (κ3) is 1.49. The SMILES string of the molecule is CC1OC(C2CCCCN2C)O1. The van der Waals surface area contributed by atoms with Crippen LogP contribution in [0.4, 0.5) is 0 Å². The van der Waals surface area contributed by atoms with Gasteiger partial charge in [-0.2, -0.15) is 0 Å². The van der Waals surface area contributed by atoms with Crippen LogP contribution in [0.1, 0.15) is 26.2 Å². The fourth-order valence-corrected chi connectivity index (χ4v) is 2.01. The molecule has 3 heteroatoms. The van der Waals surface area contributed by atoms with Crippen molar-refractivity contribution in [2.75, 3.05) is 13.6 Å². The summed E-state index contributed by atoms with van der Waals surface area (Å²) in [5, 5.41) is 0. The molecule has 0 bridgehead atoms. The molecule has 0 aliphatic carbocycles. The number of hydrogen-bond acceptors (Lipinski definition) is 3. The normalized spacial score (nSPS) is 44.0. The average molecular weight is 171 g/mol. The predicted molar refractivity (Wildman–Crippen MR) is 45.7 cm³/mol. The lowest BCUT2D eigenvalue weighted by Gasteiger charge is -2.44. The zero-order chi connectivity index (χ0) is 8.55. The van der Waals surface area contributed by atoms with Gasteiger partial charge in [-0.1, -0.05) is 6.42 Å². The van der Waals surface area contributed by atoms with E-state index in [-0.39, 0.29) is 12.6 Å². The van der Waals surface area contributed by atoms with Crippen LogP contribution in [-0.2, 0) is 9.47 Å². The van der Waals surface area contributed by atoms with E-state index in [1.54, 1.807) is 0 Å². The van der Waals surface area contributed by atoms with Gasteiger partial charge < -0.3 is 9.47 Å². The minimum absolute atomic E-state index is 0.0188. The molecule has 2 rings (SSSR count). The summed E-state index contributed by atoms with van der Waals surface area (Å²) in [7, 11) is 2.15. The van der Waals surface area contributed by atoms with E-state index >= 15 is 0 Å². The standard InChI is InChI=1S/C9H17NO2/c1-7-11-9(12-7)8-5-3-4-6-10(8)2/h7-9H,3-6H2,1-2H3. The first-order valence-electron chi connectivity index (χ1n) is 4.78. The number of likely N-dealkylation sites (N-methyl/N-ethyl adjacent to an activating group) is 1. The summed E-state index contributed by atoms with van der Waals surface area (Å²) in [6.07, 6.45) is 3.91. The van der Waals surface area contributed by atoms with Crippen molar-refractivity contribution in [2.45, 2.75) is 44.8 Å². The maximum atomic E-state index is 5.49. The van der Waals surface area contributed by atoms with E-state index in [4.69, 9.17) is 9.47 Å². The Morgan fingerprint density at radius 2 is 2.00 bits per heavy atom. The molecule has 3 nitrogen and oxygen atoms in total. The molecule has 1 atom stereocenters. The Bertz CT molecular complexity index is 157. The van der Waals surface area contributed by atoms with Crippen LogP contribution in [0.25, 0.3) is 0 Å². The molecule has 0 aromatic heterocycles. The Morgan fingerprint density at radius 1 is 1.25 bits per heavy atom. The third-order valence-electron chi connectivity index (χ3n) is 2.79. The summed E-state index contributed by atoms with van der Waals surface area (Å²) < 4.78 is 11.0. The largest absolute Gasteiger partial charge is 0.322 e. The molecule has 0 saturated carbocycles. The fraction of sp³-hybridized carbons (Fsp3) is 1.00. The van der Waals surface area contributed by atoms with E-state index in [2.05, 4.69) is 11.9 Å². The van der Waals surface area contributed by atoms with E-state index in [1.165, 1.54) is 25.8 Å². The maximum Gasteiger partial charge on any atom is 0.179 e. The van der Waals surface area contributed by atoms with Crippen molar-refractivity contribution >= 4 is 0 Å². The second kappa shape index (κ2) is 3.32. The third-order valence-corrected chi connectivity index (χ3v) is 2.79. The Labute approximate surface area is 73.6 Å². The van der Waals surface area contributed by atoms with Crippen LogP contribution >= 0.6 is 0 Å². The Morgan fingerprint density at radius 3 is 2.58 bits per heavy atom. The lowest BCUT2D eigenvalue weighted by Crippen LogP contribution is -2.54. The molecule has 0 aromatic carbocycles. The number of nitrogens with zero attached hydrogens (tertiary/aromatic N) is 1. The second-order valence-electron chi connectivity index (χ2n) is 3.75. The number of likely N-dealkylation sites (tertiary alicyclic amines) is 1. The molecular weight excluding hydrogens is 154 g/mol. The van der Waals surface area contributed by atoms with Gasteiger partial charge in [-0.05, 0) is 33.4 Å². The molecule has 12 heavy (non-hydrogen) atoms.